The quantitative estimate of drug-likeness (QED) is 0.745. The van der Waals surface area contributed by atoms with Crippen molar-refractivity contribution in [3.63, 3.8) is 0 Å². The zero-order valence-corrected chi connectivity index (χ0v) is 11.8. The van der Waals surface area contributed by atoms with Crippen LogP contribution in [0.1, 0.15) is 27.7 Å². The van der Waals surface area contributed by atoms with Crippen LogP contribution in [0.2, 0.25) is 0 Å². The molecule has 1 aliphatic heterocycles. The minimum absolute atomic E-state index is 0.486. The maximum atomic E-state index is 4.42. The molecule has 3 heteroatoms. The zero-order valence-electron chi connectivity index (χ0n) is 11.8. The lowest BCUT2D eigenvalue weighted by Crippen LogP contribution is -2.35. The SMILES string of the molecule is C=C/N=C1\C(=C(C)C)C(C(C)C)=CN1N(C)C. The van der Waals surface area contributed by atoms with E-state index in [-0.39, 0.29) is 0 Å². The van der Waals surface area contributed by atoms with Gasteiger partial charge in [-0.25, -0.2) is 10.0 Å². The third-order valence-electron chi connectivity index (χ3n) is 2.76. The molecule has 0 saturated heterocycles. The van der Waals surface area contributed by atoms with E-state index in [1.165, 1.54) is 16.7 Å². The van der Waals surface area contributed by atoms with E-state index in [4.69, 9.17) is 0 Å². The molecule has 17 heavy (non-hydrogen) atoms. The van der Waals surface area contributed by atoms with E-state index in [1.54, 1.807) is 6.20 Å². The smallest absolute Gasteiger partial charge is 0.154 e. The van der Waals surface area contributed by atoms with Crippen LogP contribution in [0.25, 0.3) is 0 Å². The van der Waals surface area contributed by atoms with Crippen LogP contribution in [0.4, 0.5) is 0 Å². The Kier molecular flexibility index (Phi) is 4.29. The average Bonchev–Trinajstić information content (AvgIpc) is 2.57. The Hall–Kier alpha value is -1.35. The summed E-state index contributed by atoms with van der Waals surface area (Å²) in [4.78, 5) is 4.42. The van der Waals surface area contributed by atoms with Crippen molar-refractivity contribution >= 4 is 5.84 Å². The van der Waals surface area contributed by atoms with Gasteiger partial charge in [-0.05, 0) is 25.3 Å². The molecule has 0 N–H and O–H groups in total. The Labute approximate surface area is 105 Å². The fourth-order valence-electron chi connectivity index (χ4n) is 1.97. The second kappa shape index (κ2) is 5.32. The Morgan fingerprint density at radius 2 is 2.00 bits per heavy atom. The predicted molar refractivity (Wildman–Crippen MR) is 74.5 cm³/mol. The first-order valence-corrected chi connectivity index (χ1v) is 5.95. The molecule has 0 radical (unpaired) electrons. The summed E-state index contributed by atoms with van der Waals surface area (Å²) in [5.74, 6) is 1.45. The summed E-state index contributed by atoms with van der Waals surface area (Å²) in [5.41, 5.74) is 3.86. The van der Waals surface area contributed by atoms with Gasteiger partial charge in [-0.2, -0.15) is 0 Å². The van der Waals surface area contributed by atoms with Crippen molar-refractivity contribution in [1.29, 1.82) is 0 Å². The number of aliphatic imine (C=N–C) groups is 1. The van der Waals surface area contributed by atoms with Gasteiger partial charge in [0.1, 0.15) is 0 Å². The molecule has 0 aromatic rings. The second-order valence-corrected chi connectivity index (χ2v) is 4.94. The van der Waals surface area contributed by atoms with Crippen LogP contribution in [0.5, 0.6) is 0 Å². The van der Waals surface area contributed by atoms with Crippen LogP contribution < -0.4 is 0 Å². The molecular formula is C14H23N3. The molecule has 1 rings (SSSR count). The number of rotatable bonds is 3. The van der Waals surface area contributed by atoms with Gasteiger partial charge in [0.05, 0.1) is 0 Å². The van der Waals surface area contributed by atoms with Crippen molar-refractivity contribution in [3.8, 4) is 0 Å². The van der Waals surface area contributed by atoms with E-state index >= 15 is 0 Å². The largest absolute Gasteiger partial charge is 0.264 e. The van der Waals surface area contributed by atoms with Gasteiger partial charge in [-0.15, -0.1) is 0 Å². The van der Waals surface area contributed by atoms with Gasteiger partial charge in [0.2, 0.25) is 0 Å². The van der Waals surface area contributed by atoms with E-state index in [9.17, 15) is 0 Å². The molecule has 1 heterocycles. The van der Waals surface area contributed by atoms with Gasteiger partial charge in [-0.1, -0.05) is 26.0 Å². The van der Waals surface area contributed by atoms with Crippen molar-refractivity contribution in [1.82, 2.24) is 10.0 Å². The monoisotopic (exact) mass is 233 g/mol. The summed E-state index contributed by atoms with van der Waals surface area (Å²) in [6.07, 6.45) is 3.77. The number of hydrogen-bond donors (Lipinski definition) is 0. The highest BCUT2D eigenvalue weighted by Gasteiger charge is 2.29. The highest BCUT2D eigenvalue weighted by atomic mass is 15.6. The highest BCUT2D eigenvalue weighted by Crippen LogP contribution is 2.32. The summed E-state index contributed by atoms with van der Waals surface area (Å²) in [6, 6.07) is 0. The minimum atomic E-state index is 0.486. The van der Waals surface area contributed by atoms with Gasteiger partial charge in [-0.3, -0.25) is 5.01 Å². The summed E-state index contributed by atoms with van der Waals surface area (Å²) < 4.78 is 0. The fourth-order valence-corrected chi connectivity index (χ4v) is 1.97. The number of nitrogens with zero attached hydrogens (tertiary/aromatic N) is 3. The maximum absolute atomic E-state index is 4.42. The van der Waals surface area contributed by atoms with Gasteiger partial charge < -0.3 is 0 Å². The van der Waals surface area contributed by atoms with E-state index < -0.39 is 0 Å². The van der Waals surface area contributed by atoms with E-state index in [2.05, 4.69) is 50.5 Å². The Bertz CT molecular complexity index is 394. The fraction of sp³-hybridized carbons (Fsp3) is 0.500. The molecule has 0 aromatic heterocycles. The van der Waals surface area contributed by atoms with Gasteiger partial charge in [0.15, 0.2) is 5.84 Å². The summed E-state index contributed by atoms with van der Waals surface area (Å²) in [6.45, 7) is 12.4. The molecule has 0 aliphatic carbocycles. The maximum Gasteiger partial charge on any atom is 0.154 e. The van der Waals surface area contributed by atoms with Crippen LogP contribution in [0.3, 0.4) is 0 Å². The third kappa shape index (κ3) is 2.67. The zero-order chi connectivity index (χ0) is 13.2. The molecule has 0 bridgehead atoms. The third-order valence-corrected chi connectivity index (χ3v) is 2.76. The topological polar surface area (TPSA) is 18.8 Å². The summed E-state index contributed by atoms with van der Waals surface area (Å²) >= 11 is 0. The lowest BCUT2D eigenvalue weighted by atomic mass is 9.94. The molecule has 0 atom stereocenters. The van der Waals surface area contributed by atoms with Crippen molar-refractivity contribution in [3.05, 3.63) is 35.7 Å². The van der Waals surface area contributed by atoms with Gasteiger partial charge in [0, 0.05) is 32.1 Å². The Morgan fingerprint density at radius 1 is 1.41 bits per heavy atom. The van der Waals surface area contributed by atoms with E-state index in [0.717, 1.165) is 5.84 Å². The Morgan fingerprint density at radius 3 is 2.35 bits per heavy atom. The minimum Gasteiger partial charge on any atom is -0.264 e. The van der Waals surface area contributed by atoms with Crippen molar-refractivity contribution in [2.24, 2.45) is 10.9 Å². The van der Waals surface area contributed by atoms with Crippen LogP contribution in [0, 0.1) is 5.92 Å². The summed E-state index contributed by atoms with van der Waals surface area (Å²) in [7, 11) is 4.03. The first kappa shape index (κ1) is 13.7. The van der Waals surface area contributed by atoms with E-state index in [1.807, 2.05) is 19.1 Å². The molecule has 0 fully saturated rings. The number of allylic oxidation sites excluding steroid dienone is 1. The number of hydrogen-bond acceptors (Lipinski definition) is 2. The molecule has 3 nitrogen and oxygen atoms in total. The number of hydrazine groups is 1. The van der Waals surface area contributed by atoms with Crippen LogP contribution >= 0.6 is 0 Å². The molecule has 0 amide bonds. The molecule has 0 saturated carbocycles. The molecular weight excluding hydrogens is 210 g/mol. The van der Waals surface area contributed by atoms with E-state index in [0.29, 0.717) is 5.92 Å². The van der Waals surface area contributed by atoms with Crippen LogP contribution in [-0.4, -0.2) is 29.9 Å². The normalized spacial score (nSPS) is 18.4. The highest BCUT2D eigenvalue weighted by molar-refractivity contribution is 6.06. The molecule has 0 aromatic carbocycles. The lowest BCUT2D eigenvalue weighted by Gasteiger charge is -2.24. The van der Waals surface area contributed by atoms with Crippen molar-refractivity contribution < 1.29 is 0 Å². The summed E-state index contributed by atoms with van der Waals surface area (Å²) in [5, 5.41) is 4.10. The standard InChI is InChI=1S/C14H23N3/c1-8-15-14-13(11(4)5)12(10(2)3)9-17(14)16(6)7/h8-10H,1H2,2-7H3/b15-14+. The van der Waals surface area contributed by atoms with Crippen LogP contribution in [0.15, 0.2) is 40.7 Å². The molecule has 0 unspecified atom stereocenters. The predicted octanol–water partition coefficient (Wildman–Crippen LogP) is 3.20. The molecule has 94 valence electrons. The van der Waals surface area contributed by atoms with Crippen molar-refractivity contribution in [2.45, 2.75) is 27.7 Å². The molecule has 1 aliphatic rings. The first-order valence-electron chi connectivity index (χ1n) is 5.95. The Balaban J connectivity index is 3.35. The molecule has 0 spiro atoms. The number of amidine groups is 1. The first-order chi connectivity index (χ1) is 7.90. The van der Waals surface area contributed by atoms with Gasteiger partial charge in [0.25, 0.3) is 0 Å². The second-order valence-electron chi connectivity index (χ2n) is 4.94. The van der Waals surface area contributed by atoms with Crippen LogP contribution in [-0.2, 0) is 0 Å². The lowest BCUT2D eigenvalue weighted by molar-refractivity contribution is 0.174. The van der Waals surface area contributed by atoms with Gasteiger partial charge >= 0.3 is 0 Å². The average molecular weight is 233 g/mol. The van der Waals surface area contributed by atoms with Crippen molar-refractivity contribution in [2.75, 3.05) is 14.1 Å².